The Morgan fingerprint density at radius 1 is 1.36 bits per heavy atom. The molecule has 1 saturated heterocycles. The Balaban J connectivity index is 1.98. The lowest BCUT2D eigenvalue weighted by atomic mass is 9.79. The van der Waals surface area contributed by atoms with Gasteiger partial charge in [-0.2, -0.15) is 0 Å². The third-order valence-corrected chi connectivity index (χ3v) is 2.95. The van der Waals surface area contributed by atoms with Gasteiger partial charge in [0.2, 0.25) is 0 Å². The Morgan fingerprint density at radius 2 is 2.27 bits per heavy atom. The van der Waals surface area contributed by atoms with Gasteiger partial charge in [-0.15, -0.1) is 0 Å². The number of fused-ring (bicyclic) bond motifs is 1. The minimum absolute atomic E-state index is 0.481. The lowest BCUT2D eigenvalue weighted by Crippen LogP contribution is -2.44. The number of carbonyl (C=O) groups is 1. The van der Waals surface area contributed by atoms with E-state index in [0.717, 1.165) is 25.8 Å². The molecule has 1 aliphatic carbocycles. The van der Waals surface area contributed by atoms with Crippen LogP contribution in [-0.4, -0.2) is 18.4 Å². The number of piperidine rings is 1. The van der Waals surface area contributed by atoms with Gasteiger partial charge in [0.05, 0.1) is 0 Å². The van der Waals surface area contributed by atoms with Gasteiger partial charge in [-0.25, -0.2) is 0 Å². The highest BCUT2D eigenvalue weighted by Gasteiger charge is 2.30. The predicted molar refractivity (Wildman–Crippen MR) is 43.4 cm³/mol. The summed E-state index contributed by atoms with van der Waals surface area (Å²) in [6, 6.07) is 0.668. The van der Waals surface area contributed by atoms with Crippen molar-refractivity contribution in [1.82, 2.24) is 5.32 Å². The van der Waals surface area contributed by atoms with Gasteiger partial charge in [-0.05, 0) is 31.7 Å². The van der Waals surface area contributed by atoms with Crippen molar-refractivity contribution in [2.75, 3.05) is 6.54 Å². The molecule has 1 N–H and O–H groups in total. The smallest absolute Gasteiger partial charge is 0.133 e. The fraction of sp³-hybridized carbons (Fsp3) is 0.889. The molecule has 62 valence electrons. The van der Waals surface area contributed by atoms with E-state index in [1.54, 1.807) is 0 Å². The molecular formula is C9H15NO. The van der Waals surface area contributed by atoms with Crippen LogP contribution in [0.4, 0.5) is 0 Å². The van der Waals surface area contributed by atoms with Crippen molar-refractivity contribution in [3.8, 4) is 0 Å². The Labute approximate surface area is 67.4 Å². The fourth-order valence-electron chi connectivity index (χ4n) is 2.31. The van der Waals surface area contributed by atoms with E-state index in [1.165, 1.54) is 12.8 Å². The molecule has 0 aromatic rings. The summed E-state index contributed by atoms with van der Waals surface area (Å²) in [6.45, 7) is 1.16. The molecule has 0 aromatic carbocycles. The normalized spacial score (nSPS) is 38.4. The zero-order valence-corrected chi connectivity index (χ0v) is 6.81. The number of ketones is 1. The van der Waals surface area contributed by atoms with E-state index in [2.05, 4.69) is 5.32 Å². The molecule has 1 aliphatic heterocycles. The highest BCUT2D eigenvalue weighted by atomic mass is 16.1. The topological polar surface area (TPSA) is 29.1 Å². The first-order chi connectivity index (χ1) is 5.36. The molecular weight excluding hydrogens is 138 g/mol. The highest BCUT2D eigenvalue weighted by Crippen LogP contribution is 2.28. The van der Waals surface area contributed by atoms with Crippen molar-refractivity contribution >= 4 is 5.78 Å². The first kappa shape index (κ1) is 7.29. The number of hydrogen-bond donors (Lipinski definition) is 1. The summed E-state index contributed by atoms with van der Waals surface area (Å²) in [6.07, 6.45) is 5.27. The molecule has 2 heteroatoms. The third kappa shape index (κ3) is 1.45. The number of hydrogen-bond acceptors (Lipinski definition) is 2. The average Bonchev–Trinajstić information content (AvgIpc) is 2.04. The summed E-state index contributed by atoms with van der Waals surface area (Å²) in [5, 5.41) is 3.49. The maximum Gasteiger partial charge on any atom is 0.133 e. The van der Waals surface area contributed by atoms with E-state index < -0.39 is 0 Å². The van der Waals surface area contributed by atoms with Gasteiger partial charge in [0, 0.05) is 18.9 Å². The first-order valence-electron chi connectivity index (χ1n) is 4.61. The lowest BCUT2D eigenvalue weighted by molar-refractivity contribution is -0.122. The highest BCUT2D eigenvalue weighted by molar-refractivity contribution is 5.79. The summed E-state index contributed by atoms with van der Waals surface area (Å²) in [4.78, 5) is 11.1. The Hall–Kier alpha value is -0.370. The van der Waals surface area contributed by atoms with Crippen LogP contribution in [0.25, 0.3) is 0 Å². The Kier molecular flexibility index (Phi) is 1.95. The average molecular weight is 153 g/mol. The quantitative estimate of drug-likeness (QED) is 0.564. The van der Waals surface area contributed by atoms with Crippen LogP contribution in [0.2, 0.25) is 0 Å². The zero-order chi connectivity index (χ0) is 7.68. The van der Waals surface area contributed by atoms with Gasteiger partial charge in [0.1, 0.15) is 5.78 Å². The molecule has 2 fully saturated rings. The summed E-state index contributed by atoms with van der Waals surface area (Å²) < 4.78 is 0. The molecule has 11 heavy (non-hydrogen) atoms. The van der Waals surface area contributed by atoms with Crippen LogP contribution in [0.5, 0.6) is 0 Å². The van der Waals surface area contributed by atoms with Crippen LogP contribution in [-0.2, 0) is 4.79 Å². The standard InChI is InChI=1S/C9H15NO/c11-8-3-4-9-7(6-8)2-1-5-10-9/h7,9-10H,1-6H2/t7-,9+/m0/s1. The largest absolute Gasteiger partial charge is 0.314 e. The van der Waals surface area contributed by atoms with Crippen molar-refractivity contribution < 1.29 is 4.79 Å². The van der Waals surface area contributed by atoms with E-state index in [0.29, 0.717) is 17.7 Å². The maximum absolute atomic E-state index is 11.1. The lowest BCUT2D eigenvalue weighted by Gasteiger charge is -2.35. The summed E-state index contributed by atoms with van der Waals surface area (Å²) in [5.74, 6) is 1.15. The Morgan fingerprint density at radius 3 is 3.18 bits per heavy atom. The number of rotatable bonds is 0. The molecule has 0 unspecified atom stereocenters. The third-order valence-electron chi connectivity index (χ3n) is 2.95. The minimum Gasteiger partial charge on any atom is -0.314 e. The van der Waals surface area contributed by atoms with Crippen LogP contribution in [0.15, 0.2) is 0 Å². The van der Waals surface area contributed by atoms with Crippen molar-refractivity contribution in [3.63, 3.8) is 0 Å². The van der Waals surface area contributed by atoms with Crippen molar-refractivity contribution in [3.05, 3.63) is 0 Å². The molecule has 0 aromatic heterocycles. The first-order valence-corrected chi connectivity index (χ1v) is 4.61. The molecule has 2 aliphatic rings. The monoisotopic (exact) mass is 153 g/mol. The number of Topliss-reactive ketones (excluding diaryl/α,β-unsaturated/α-hetero) is 1. The fourth-order valence-corrected chi connectivity index (χ4v) is 2.31. The maximum atomic E-state index is 11.1. The molecule has 2 atom stereocenters. The van der Waals surface area contributed by atoms with E-state index in [4.69, 9.17) is 0 Å². The summed E-state index contributed by atoms with van der Waals surface area (Å²) >= 11 is 0. The van der Waals surface area contributed by atoms with Crippen LogP contribution in [0, 0.1) is 5.92 Å². The molecule has 0 bridgehead atoms. The van der Waals surface area contributed by atoms with E-state index >= 15 is 0 Å². The minimum atomic E-state index is 0.481. The molecule has 0 amide bonds. The summed E-state index contributed by atoms with van der Waals surface area (Å²) in [7, 11) is 0. The SMILES string of the molecule is O=C1CC[C@H]2NCCC[C@H]2C1. The molecule has 1 saturated carbocycles. The van der Waals surface area contributed by atoms with Crippen LogP contribution in [0.3, 0.4) is 0 Å². The van der Waals surface area contributed by atoms with Crippen LogP contribution < -0.4 is 5.32 Å². The molecule has 2 rings (SSSR count). The molecule has 0 spiro atoms. The van der Waals surface area contributed by atoms with Gasteiger partial charge in [0.15, 0.2) is 0 Å². The summed E-state index contributed by atoms with van der Waals surface area (Å²) in [5.41, 5.74) is 0. The number of carbonyl (C=O) groups excluding carboxylic acids is 1. The van der Waals surface area contributed by atoms with E-state index in [1.807, 2.05) is 0 Å². The van der Waals surface area contributed by atoms with Crippen molar-refractivity contribution in [2.24, 2.45) is 5.92 Å². The van der Waals surface area contributed by atoms with Crippen molar-refractivity contribution in [2.45, 2.75) is 38.1 Å². The molecule has 1 heterocycles. The van der Waals surface area contributed by atoms with E-state index in [-0.39, 0.29) is 0 Å². The zero-order valence-electron chi connectivity index (χ0n) is 6.81. The van der Waals surface area contributed by atoms with Gasteiger partial charge in [0.25, 0.3) is 0 Å². The van der Waals surface area contributed by atoms with Crippen LogP contribution in [0.1, 0.15) is 32.1 Å². The van der Waals surface area contributed by atoms with Gasteiger partial charge in [-0.3, -0.25) is 4.79 Å². The number of nitrogens with one attached hydrogen (secondary N) is 1. The van der Waals surface area contributed by atoms with Gasteiger partial charge in [-0.1, -0.05) is 0 Å². The van der Waals surface area contributed by atoms with E-state index in [9.17, 15) is 4.79 Å². The second-order valence-corrected chi connectivity index (χ2v) is 3.74. The van der Waals surface area contributed by atoms with Crippen LogP contribution >= 0.6 is 0 Å². The second kappa shape index (κ2) is 2.94. The van der Waals surface area contributed by atoms with Crippen molar-refractivity contribution in [1.29, 1.82) is 0 Å². The Bertz CT molecular complexity index is 167. The van der Waals surface area contributed by atoms with Gasteiger partial charge >= 0.3 is 0 Å². The van der Waals surface area contributed by atoms with Gasteiger partial charge < -0.3 is 5.32 Å². The molecule has 0 radical (unpaired) electrons. The second-order valence-electron chi connectivity index (χ2n) is 3.74. The predicted octanol–water partition coefficient (Wildman–Crippen LogP) is 1.11. The molecule has 2 nitrogen and oxygen atoms in total.